The van der Waals surface area contributed by atoms with Crippen LogP contribution in [0.15, 0.2) is 42.9 Å². The van der Waals surface area contributed by atoms with E-state index in [1.807, 2.05) is 0 Å². The van der Waals surface area contributed by atoms with Gasteiger partial charge in [0.05, 0.1) is 6.33 Å². The average molecular weight is 896 g/mol. The van der Waals surface area contributed by atoms with Gasteiger partial charge in [-0.15, -0.1) is 0 Å². The number of unbranched alkanes of at least 4 members (excludes halogenated alkanes) is 12. The van der Waals surface area contributed by atoms with Gasteiger partial charge in [0.1, 0.15) is 42.0 Å². The van der Waals surface area contributed by atoms with Crippen LogP contribution in [0.25, 0.3) is 0 Å². The van der Waals surface area contributed by atoms with Crippen molar-refractivity contribution in [3.05, 3.63) is 54.1 Å². The van der Waals surface area contributed by atoms with Crippen LogP contribution in [0.1, 0.15) is 128 Å². The van der Waals surface area contributed by atoms with Gasteiger partial charge in [-0.3, -0.25) is 38.4 Å². The number of amides is 7. The summed E-state index contributed by atoms with van der Waals surface area (Å²) in [5, 5.41) is 15.3. The quantitative estimate of drug-likeness (QED) is 0.0442. The van der Waals surface area contributed by atoms with Gasteiger partial charge in [-0.1, -0.05) is 114 Å². The van der Waals surface area contributed by atoms with Crippen molar-refractivity contribution in [2.45, 2.75) is 166 Å². The first-order valence-electron chi connectivity index (χ1n) is 22.7. The minimum absolute atomic E-state index is 0.00174. The fourth-order valence-electron chi connectivity index (χ4n) is 6.92. The molecule has 0 bridgehead atoms. The second kappa shape index (κ2) is 31.2. The highest BCUT2D eigenvalue weighted by Crippen LogP contribution is 2.13. The fraction of sp³-hybridized carbons (Fsp3) is 0.622. The molecule has 0 radical (unpaired) electrons. The third-order valence-electron chi connectivity index (χ3n) is 10.7. The normalized spacial score (nSPS) is 13.8. The predicted molar refractivity (Wildman–Crippen MR) is 243 cm³/mol. The van der Waals surface area contributed by atoms with E-state index in [0.29, 0.717) is 17.7 Å². The molecule has 0 saturated carbocycles. The average Bonchev–Trinajstić information content (AvgIpc) is 3.78. The molecule has 0 fully saturated rings. The molecule has 13 N–H and O–H groups in total. The van der Waals surface area contributed by atoms with Gasteiger partial charge in [-0.2, -0.15) is 0 Å². The number of ketones is 1. The Bertz CT molecular complexity index is 1740. The Hall–Kier alpha value is -5.69. The summed E-state index contributed by atoms with van der Waals surface area (Å²) in [5.41, 5.74) is 18.0. The number of nitrogens with two attached hydrogens (primary N) is 3. The van der Waals surface area contributed by atoms with E-state index < -0.39 is 78.2 Å². The summed E-state index contributed by atoms with van der Waals surface area (Å²) in [7, 11) is 0. The smallest absolute Gasteiger partial charge is 0.244 e. The van der Waals surface area contributed by atoms with E-state index in [2.05, 4.69) is 48.8 Å². The monoisotopic (exact) mass is 896 g/mol. The van der Waals surface area contributed by atoms with Crippen molar-refractivity contribution in [3.63, 3.8) is 0 Å². The zero-order valence-corrected chi connectivity index (χ0v) is 37.9. The molecule has 3 unspecified atom stereocenters. The van der Waals surface area contributed by atoms with Gasteiger partial charge in [-0.05, 0) is 25.8 Å². The van der Waals surface area contributed by atoms with E-state index in [1.54, 1.807) is 30.3 Å². The Kier molecular flexibility index (Phi) is 26.5. The summed E-state index contributed by atoms with van der Waals surface area (Å²) in [6.07, 6.45) is 17.7. The van der Waals surface area contributed by atoms with Crippen LogP contribution in [0.4, 0.5) is 0 Å². The lowest BCUT2D eigenvalue weighted by atomic mass is 10.0. The number of hydrogen-bond acceptors (Lipinski definition) is 11. The molecule has 0 aliphatic carbocycles. The number of primary amides is 1. The highest BCUT2D eigenvalue weighted by Gasteiger charge is 2.32. The first-order chi connectivity index (χ1) is 30.7. The number of benzene rings is 1. The second-order valence-corrected chi connectivity index (χ2v) is 16.3. The molecule has 0 saturated heterocycles. The maximum absolute atomic E-state index is 13.8. The van der Waals surface area contributed by atoms with E-state index in [0.717, 1.165) is 19.3 Å². The van der Waals surface area contributed by atoms with Gasteiger partial charge in [0.15, 0.2) is 0 Å². The van der Waals surface area contributed by atoms with Crippen LogP contribution in [0.2, 0.25) is 0 Å². The summed E-state index contributed by atoms with van der Waals surface area (Å²) < 4.78 is 0. The number of Topliss-reactive ketones (excluding diaryl/α,β-unsaturated/α-hetero) is 1. The number of nitrogens with one attached hydrogen (secondary N) is 7. The maximum Gasteiger partial charge on any atom is 0.244 e. The Morgan fingerprint density at radius 2 is 1.08 bits per heavy atom. The molecule has 0 aliphatic rings. The number of aromatic nitrogens is 2. The number of H-pyrrole nitrogens is 1. The zero-order valence-electron chi connectivity index (χ0n) is 37.9. The summed E-state index contributed by atoms with van der Waals surface area (Å²) in [6.45, 7) is 4.19. The standard InChI is InChI=1S/C45H73N11O8/c1-4-5-6-7-8-9-10-11-12-13-14-15-19-22-39(58)52-34(23-30(2)57)42(61)51-31(3)41(60)53-36(25-33-28-49-29-50-33)44(63)56-38(27-47)45(64)54-35(24-32-20-17-16-18-21-32)43(62)55-37(26-46)40(48)59/h16-18,20-21,28-29,31,34-38H,4-15,19,22-27,46-47H2,1-3H3,(H2,48,59)(H,49,50)(H,51,61)(H,52,58)(H,53,60)(H,54,64)(H,55,62)(H,56,63)/t31?,34-,35-,36-,37?,38?/m0/s1. The van der Waals surface area contributed by atoms with Gasteiger partial charge >= 0.3 is 0 Å². The molecule has 64 heavy (non-hydrogen) atoms. The summed E-state index contributed by atoms with van der Waals surface area (Å²) in [4.78, 5) is 111. The largest absolute Gasteiger partial charge is 0.368 e. The van der Waals surface area contributed by atoms with Crippen LogP contribution in [0.3, 0.4) is 0 Å². The van der Waals surface area contributed by atoms with Gasteiger partial charge in [0.25, 0.3) is 0 Å². The van der Waals surface area contributed by atoms with E-state index in [9.17, 15) is 38.4 Å². The summed E-state index contributed by atoms with van der Waals surface area (Å²) in [5.74, 6) is -5.56. The lowest BCUT2D eigenvalue weighted by Gasteiger charge is -2.26. The molecule has 0 spiro atoms. The molecular formula is C45H73N11O8. The Balaban J connectivity index is 2.01. The first-order valence-corrected chi connectivity index (χ1v) is 22.7. The van der Waals surface area contributed by atoms with Crippen LogP contribution in [0.5, 0.6) is 0 Å². The van der Waals surface area contributed by atoms with E-state index >= 15 is 0 Å². The third-order valence-corrected chi connectivity index (χ3v) is 10.7. The number of nitrogens with zero attached hydrogens (tertiary/aromatic N) is 1. The molecule has 2 aromatic rings. The number of carbonyl (C=O) groups excluding carboxylic acids is 8. The van der Waals surface area contributed by atoms with E-state index in [1.165, 1.54) is 84.2 Å². The Morgan fingerprint density at radius 3 is 1.59 bits per heavy atom. The van der Waals surface area contributed by atoms with Crippen molar-refractivity contribution >= 4 is 47.1 Å². The van der Waals surface area contributed by atoms with Crippen molar-refractivity contribution < 1.29 is 38.4 Å². The molecule has 6 atom stereocenters. The molecule has 2 rings (SSSR count). The highest BCUT2D eigenvalue weighted by atomic mass is 16.2. The highest BCUT2D eigenvalue weighted by molar-refractivity contribution is 5.98. The van der Waals surface area contributed by atoms with Crippen molar-refractivity contribution in [1.29, 1.82) is 0 Å². The first kappa shape index (κ1) is 54.4. The van der Waals surface area contributed by atoms with Crippen molar-refractivity contribution in [3.8, 4) is 0 Å². The molecule has 0 aliphatic heterocycles. The van der Waals surface area contributed by atoms with Crippen LogP contribution in [-0.4, -0.2) is 106 Å². The van der Waals surface area contributed by atoms with Gasteiger partial charge in [-0.25, -0.2) is 4.98 Å². The second-order valence-electron chi connectivity index (χ2n) is 16.3. The van der Waals surface area contributed by atoms with Gasteiger partial charge in [0, 0.05) is 50.7 Å². The predicted octanol–water partition coefficient (Wildman–Crippen LogP) is 0.987. The van der Waals surface area contributed by atoms with Gasteiger partial charge in [0.2, 0.25) is 41.4 Å². The van der Waals surface area contributed by atoms with Crippen molar-refractivity contribution in [2.24, 2.45) is 17.2 Å². The van der Waals surface area contributed by atoms with Crippen LogP contribution >= 0.6 is 0 Å². The number of rotatable bonds is 34. The lowest BCUT2D eigenvalue weighted by molar-refractivity contribution is -0.135. The zero-order chi connectivity index (χ0) is 47.3. The molecule has 19 nitrogen and oxygen atoms in total. The molecular weight excluding hydrogens is 823 g/mol. The minimum atomic E-state index is -1.39. The lowest BCUT2D eigenvalue weighted by Crippen LogP contribution is -2.61. The van der Waals surface area contributed by atoms with Crippen LogP contribution in [-0.2, 0) is 51.2 Å². The molecule has 1 aromatic heterocycles. The molecule has 356 valence electrons. The number of carbonyl (C=O) groups is 8. The SMILES string of the molecule is CCCCCCCCCCCCCCCC(=O)N[C@@H](CC(C)=O)C(=O)NC(C)C(=O)N[C@@H](Cc1cnc[nH]1)C(=O)NC(CN)C(=O)N[C@@H](Cc1ccccc1)C(=O)NC(CN)C(N)=O. The van der Waals surface area contributed by atoms with E-state index in [-0.39, 0.29) is 43.9 Å². The fourth-order valence-corrected chi connectivity index (χ4v) is 6.92. The molecule has 1 aromatic carbocycles. The number of imidazole rings is 1. The number of aromatic amines is 1. The molecule has 1 heterocycles. The van der Waals surface area contributed by atoms with Gasteiger partial charge < -0.3 is 54.1 Å². The molecule has 7 amide bonds. The summed E-state index contributed by atoms with van der Waals surface area (Å²) >= 11 is 0. The topological polar surface area (TPSA) is 315 Å². The van der Waals surface area contributed by atoms with E-state index in [4.69, 9.17) is 17.2 Å². The maximum atomic E-state index is 13.8. The minimum Gasteiger partial charge on any atom is -0.368 e. The van der Waals surface area contributed by atoms with Crippen LogP contribution in [0, 0.1) is 0 Å². The van der Waals surface area contributed by atoms with Crippen molar-refractivity contribution in [1.82, 2.24) is 41.9 Å². The van der Waals surface area contributed by atoms with Crippen molar-refractivity contribution in [2.75, 3.05) is 13.1 Å². The Labute approximate surface area is 377 Å². The Morgan fingerprint density at radius 1 is 0.594 bits per heavy atom. The molecule has 19 heteroatoms. The number of hydrogen-bond donors (Lipinski definition) is 10. The third kappa shape index (κ3) is 22.1. The summed E-state index contributed by atoms with van der Waals surface area (Å²) in [6, 6.07) is 1.10. The van der Waals surface area contributed by atoms with Crippen LogP contribution < -0.4 is 49.1 Å².